The standard InChI is InChI=1S/C10H9BrClFN4O/c1-4(14)9-16-17-10(18-9)15-8-6(11)2-5(13)3-7(8)12/h2-4H,14H2,1H3,(H,15,17). The van der Waals surface area contributed by atoms with Crippen molar-refractivity contribution in [1.82, 2.24) is 10.2 Å². The first kappa shape index (κ1) is 13.3. The number of benzene rings is 1. The third-order valence-corrected chi connectivity index (χ3v) is 2.99. The lowest BCUT2D eigenvalue weighted by Gasteiger charge is -2.07. The van der Waals surface area contributed by atoms with E-state index in [2.05, 4.69) is 31.4 Å². The summed E-state index contributed by atoms with van der Waals surface area (Å²) in [6.45, 7) is 1.72. The van der Waals surface area contributed by atoms with E-state index in [1.165, 1.54) is 12.1 Å². The molecule has 8 heteroatoms. The van der Waals surface area contributed by atoms with Crippen molar-refractivity contribution < 1.29 is 8.81 Å². The molecule has 18 heavy (non-hydrogen) atoms. The fraction of sp³-hybridized carbons (Fsp3) is 0.200. The molecule has 0 aliphatic rings. The second-order valence-electron chi connectivity index (χ2n) is 3.60. The molecule has 96 valence electrons. The zero-order chi connectivity index (χ0) is 13.3. The topological polar surface area (TPSA) is 77.0 Å². The maximum Gasteiger partial charge on any atom is 0.320 e. The van der Waals surface area contributed by atoms with Crippen LogP contribution in [0.25, 0.3) is 0 Å². The Balaban J connectivity index is 2.28. The van der Waals surface area contributed by atoms with Gasteiger partial charge >= 0.3 is 6.01 Å². The summed E-state index contributed by atoms with van der Waals surface area (Å²) in [5, 5.41) is 10.5. The number of nitrogens with two attached hydrogens (primary N) is 1. The number of nitrogens with one attached hydrogen (secondary N) is 1. The first-order valence-corrected chi connectivity index (χ1v) is 6.15. The molecule has 0 saturated carbocycles. The van der Waals surface area contributed by atoms with Crippen LogP contribution in [0.5, 0.6) is 0 Å². The summed E-state index contributed by atoms with van der Waals surface area (Å²) in [4.78, 5) is 0. The second kappa shape index (κ2) is 5.21. The van der Waals surface area contributed by atoms with Gasteiger partial charge in [0.05, 0.1) is 16.8 Å². The van der Waals surface area contributed by atoms with E-state index in [0.29, 0.717) is 16.1 Å². The summed E-state index contributed by atoms with van der Waals surface area (Å²) in [6.07, 6.45) is 0. The van der Waals surface area contributed by atoms with Crippen LogP contribution in [0.1, 0.15) is 18.9 Å². The molecule has 0 bridgehead atoms. The maximum absolute atomic E-state index is 13.0. The summed E-state index contributed by atoms with van der Waals surface area (Å²) >= 11 is 9.10. The summed E-state index contributed by atoms with van der Waals surface area (Å²) in [7, 11) is 0. The van der Waals surface area contributed by atoms with Gasteiger partial charge in [0.1, 0.15) is 5.82 Å². The number of anilines is 2. The van der Waals surface area contributed by atoms with Gasteiger partial charge in [0.2, 0.25) is 5.89 Å². The monoisotopic (exact) mass is 334 g/mol. The third-order valence-electron chi connectivity index (χ3n) is 2.07. The van der Waals surface area contributed by atoms with Crippen LogP contribution in [0.2, 0.25) is 5.02 Å². The molecule has 1 aromatic carbocycles. The largest absolute Gasteiger partial charge is 0.406 e. The number of halogens is 3. The van der Waals surface area contributed by atoms with Gasteiger partial charge in [-0.3, -0.25) is 0 Å². The highest BCUT2D eigenvalue weighted by Crippen LogP contribution is 2.33. The van der Waals surface area contributed by atoms with Crippen LogP contribution in [0.15, 0.2) is 21.0 Å². The van der Waals surface area contributed by atoms with Crippen molar-refractivity contribution >= 4 is 39.2 Å². The fourth-order valence-corrected chi connectivity index (χ4v) is 2.14. The zero-order valence-corrected chi connectivity index (χ0v) is 11.6. The van der Waals surface area contributed by atoms with Gasteiger partial charge in [0.15, 0.2) is 0 Å². The SMILES string of the molecule is CC(N)c1nnc(Nc2c(Cl)cc(F)cc2Br)o1. The van der Waals surface area contributed by atoms with Crippen LogP contribution >= 0.6 is 27.5 Å². The van der Waals surface area contributed by atoms with Gasteiger partial charge in [0.25, 0.3) is 0 Å². The molecule has 2 aromatic rings. The third kappa shape index (κ3) is 2.80. The fourth-order valence-electron chi connectivity index (χ4n) is 1.24. The van der Waals surface area contributed by atoms with Gasteiger partial charge in [-0.05, 0) is 35.0 Å². The Bertz CT molecular complexity index is 552. The van der Waals surface area contributed by atoms with Crippen LogP contribution in [0.4, 0.5) is 16.1 Å². The number of hydrogen-bond donors (Lipinski definition) is 2. The van der Waals surface area contributed by atoms with Crippen molar-refractivity contribution in [2.75, 3.05) is 5.32 Å². The molecule has 1 unspecified atom stereocenters. The molecule has 0 aliphatic carbocycles. The van der Waals surface area contributed by atoms with Gasteiger partial charge in [-0.2, -0.15) is 0 Å². The summed E-state index contributed by atoms with van der Waals surface area (Å²) in [5.74, 6) is -0.147. The van der Waals surface area contributed by atoms with Gasteiger partial charge in [-0.25, -0.2) is 4.39 Å². The van der Waals surface area contributed by atoms with E-state index in [0.717, 1.165) is 0 Å². The minimum absolute atomic E-state index is 0.136. The Hall–Kier alpha value is -1.18. The van der Waals surface area contributed by atoms with Crippen molar-refractivity contribution in [3.8, 4) is 0 Å². The van der Waals surface area contributed by atoms with Gasteiger partial charge in [-0.1, -0.05) is 16.7 Å². The molecule has 1 atom stereocenters. The first-order valence-electron chi connectivity index (χ1n) is 4.98. The predicted molar refractivity (Wildman–Crippen MR) is 69.3 cm³/mol. The quantitative estimate of drug-likeness (QED) is 0.899. The van der Waals surface area contributed by atoms with Gasteiger partial charge in [0, 0.05) is 4.47 Å². The van der Waals surface area contributed by atoms with Crippen LogP contribution < -0.4 is 11.1 Å². The molecule has 0 aliphatic heterocycles. The zero-order valence-electron chi connectivity index (χ0n) is 9.25. The predicted octanol–water partition coefficient (Wildman–Crippen LogP) is 3.39. The first-order chi connectivity index (χ1) is 8.47. The lowest BCUT2D eigenvalue weighted by molar-refractivity contribution is 0.475. The molecule has 1 aromatic heterocycles. The van der Waals surface area contributed by atoms with Crippen molar-refractivity contribution in [1.29, 1.82) is 0 Å². The molecule has 3 N–H and O–H groups in total. The van der Waals surface area contributed by atoms with E-state index in [4.69, 9.17) is 21.8 Å². The molecule has 5 nitrogen and oxygen atoms in total. The number of rotatable bonds is 3. The lowest BCUT2D eigenvalue weighted by Crippen LogP contribution is -2.04. The maximum atomic E-state index is 13.0. The Morgan fingerprint density at radius 1 is 1.50 bits per heavy atom. The van der Waals surface area contributed by atoms with Crippen molar-refractivity contribution in [2.24, 2.45) is 5.73 Å². The van der Waals surface area contributed by atoms with Crippen LogP contribution in [0.3, 0.4) is 0 Å². The van der Waals surface area contributed by atoms with Gasteiger partial charge in [-0.15, -0.1) is 5.10 Å². The molecule has 1 heterocycles. The van der Waals surface area contributed by atoms with Crippen molar-refractivity contribution in [2.45, 2.75) is 13.0 Å². The molecule has 0 spiro atoms. The molecular weight excluding hydrogens is 326 g/mol. The van der Waals surface area contributed by atoms with Gasteiger partial charge < -0.3 is 15.5 Å². The van der Waals surface area contributed by atoms with Crippen molar-refractivity contribution in [3.63, 3.8) is 0 Å². The number of aromatic nitrogens is 2. The van der Waals surface area contributed by atoms with E-state index >= 15 is 0 Å². The van der Waals surface area contributed by atoms with E-state index in [1.54, 1.807) is 6.92 Å². The Morgan fingerprint density at radius 3 is 2.78 bits per heavy atom. The summed E-state index contributed by atoms with van der Waals surface area (Å²) in [5.41, 5.74) is 6.03. The lowest BCUT2D eigenvalue weighted by atomic mass is 10.3. The highest BCUT2D eigenvalue weighted by Gasteiger charge is 2.13. The van der Waals surface area contributed by atoms with Crippen LogP contribution in [0, 0.1) is 5.82 Å². The highest BCUT2D eigenvalue weighted by atomic mass is 79.9. The number of hydrogen-bond acceptors (Lipinski definition) is 5. The Kier molecular flexibility index (Phi) is 3.84. The number of nitrogens with zero attached hydrogens (tertiary/aromatic N) is 2. The molecule has 2 rings (SSSR count). The molecule has 0 fully saturated rings. The Labute approximate surface area is 116 Å². The minimum Gasteiger partial charge on any atom is -0.406 e. The average molecular weight is 336 g/mol. The Morgan fingerprint density at radius 2 is 2.22 bits per heavy atom. The van der Waals surface area contributed by atoms with E-state index < -0.39 is 5.82 Å². The van der Waals surface area contributed by atoms with Crippen molar-refractivity contribution in [3.05, 3.63) is 33.3 Å². The molecular formula is C10H9BrClFN4O. The molecule has 0 radical (unpaired) electrons. The molecule has 0 saturated heterocycles. The van der Waals surface area contributed by atoms with E-state index in [-0.39, 0.29) is 17.1 Å². The average Bonchev–Trinajstić information content (AvgIpc) is 2.71. The molecule has 0 amide bonds. The van der Waals surface area contributed by atoms with E-state index in [1.807, 2.05) is 0 Å². The highest BCUT2D eigenvalue weighted by molar-refractivity contribution is 9.10. The van der Waals surface area contributed by atoms with E-state index in [9.17, 15) is 4.39 Å². The smallest absolute Gasteiger partial charge is 0.320 e. The second-order valence-corrected chi connectivity index (χ2v) is 4.87. The van der Waals surface area contributed by atoms with Crippen LogP contribution in [-0.2, 0) is 0 Å². The summed E-state index contributed by atoms with van der Waals surface area (Å²) < 4.78 is 18.8. The summed E-state index contributed by atoms with van der Waals surface area (Å²) in [6, 6.07) is 2.23. The normalized spacial score (nSPS) is 12.5. The van der Waals surface area contributed by atoms with Crippen LogP contribution in [-0.4, -0.2) is 10.2 Å². The minimum atomic E-state index is -0.445.